The Labute approximate surface area is 373 Å². The Kier molecular flexibility index (Phi) is 10.2. The number of aliphatic hydroxyl groups is 6. The van der Waals surface area contributed by atoms with Gasteiger partial charge in [0.25, 0.3) is 0 Å². The first-order valence-electron chi connectivity index (χ1n) is 23.4. The molecule has 0 aromatic carbocycles. The number of fused-ring (bicyclic) bond motifs is 8. The van der Waals surface area contributed by atoms with Crippen molar-refractivity contribution < 1.29 is 78.3 Å². The van der Waals surface area contributed by atoms with Crippen LogP contribution in [0.25, 0.3) is 0 Å². The lowest BCUT2D eigenvalue weighted by molar-refractivity contribution is -0.313. The summed E-state index contributed by atoms with van der Waals surface area (Å²) in [5, 5.41) is 73.9. The molecule has 0 amide bonds. The summed E-state index contributed by atoms with van der Waals surface area (Å²) in [6.07, 6.45) is -11.4. The number of ketones is 1. The van der Waals surface area contributed by atoms with Crippen LogP contribution in [0.3, 0.4) is 0 Å². The summed E-state index contributed by atoms with van der Waals surface area (Å²) >= 11 is 0. The van der Waals surface area contributed by atoms with Crippen LogP contribution >= 0.6 is 0 Å². The average molecular weight is 901 g/mol. The second-order valence-corrected chi connectivity index (χ2v) is 23.2. The Bertz CT molecular complexity index is 2080. The number of allylic oxidation sites excluding steroid dienone is 1. The van der Waals surface area contributed by atoms with Crippen LogP contribution in [0.5, 0.6) is 0 Å². The average Bonchev–Trinajstić information content (AvgIpc) is 3.52. The number of carbonyl (C=O) groups excluding carboxylic acids is 5. The highest BCUT2D eigenvalue weighted by atomic mass is 16.6. The summed E-state index contributed by atoms with van der Waals surface area (Å²) in [4.78, 5) is 68.1. The van der Waals surface area contributed by atoms with Crippen LogP contribution in [0.1, 0.15) is 121 Å². The summed E-state index contributed by atoms with van der Waals surface area (Å²) in [5.74, 6) is -7.37. The molecule has 6 N–H and O–H groups in total. The minimum atomic E-state index is -1.81. The minimum Gasteiger partial charge on any atom is -0.483 e. The normalized spacial score (nSPS) is 52.5. The number of aliphatic hydroxyl groups excluding tert-OH is 6. The number of rotatable bonds is 4. The quantitative estimate of drug-likeness (QED) is 0.175. The Morgan fingerprint density at radius 3 is 1.48 bits per heavy atom. The van der Waals surface area contributed by atoms with Gasteiger partial charge in [0.15, 0.2) is 11.4 Å². The molecular weight excluding hydrogens is 833 g/mol. The van der Waals surface area contributed by atoms with Crippen molar-refractivity contribution in [2.75, 3.05) is 0 Å². The first-order chi connectivity index (χ1) is 29.6. The zero-order valence-electron chi connectivity index (χ0n) is 38.7. The van der Waals surface area contributed by atoms with Gasteiger partial charge in [-0.1, -0.05) is 41.5 Å². The van der Waals surface area contributed by atoms with Gasteiger partial charge in [-0.05, 0) is 60.8 Å². The molecular formula is C48H68O16. The minimum absolute atomic E-state index is 0.00600. The van der Waals surface area contributed by atoms with Crippen molar-refractivity contribution in [1.29, 1.82) is 0 Å². The van der Waals surface area contributed by atoms with Gasteiger partial charge in [0.2, 0.25) is 0 Å². The molecule has 0 unspecified atom stereocenters. The number of carbonyl (C=O) groups is 5. The molecule has 9 rings (SSSR count). The third-order valence-electron chi connectivity index (χ3n) is 19.7. The van der Waals surface area contributed by atoms with E-state index in [-0.39, 0.29) is 44.4 Å². The molecule has 0 aromatic heterocycles. The molecule has 64 heavy (non-hydrogen) atoms. The maximum Gasteiger partial charge on any atom is 0.302 e. The van der Waals surface area contributed by atoms with Crippen LogP contribution in [0.15, 0.2) is 11.3 Å². The van der Waals surface area contributed by atoms with E-state index in [2.05, 4.69) is 0 Å². The van der Waals surface area contributed by atoms with E-state index in [9.17, 15) is 49.8 Å². The van der Waals surface area contributed by atoms with Gasteiger partial charge in [-0.2, -0.15) is 0 Å². The monoisotopic (exact) mass is 900 g/mol. The van der Waals surface area contributed by atoms with Gasteiger partial charge in [-0.15, -0.1) is 0 Å². The molecule has 21 atom stereocenters. The fourth-order valence-electron chi connectivity index (χ4n) is 17.9. The van der Waals surface area contributed by atoms with Gasteiger partial charge in [0.1, 0.15) is 30.2 Å². The van der Waals surface area contributed by atoms with E-state index in [1.54, 1.807) is 34.6 Å². The number of hydrogen-bond donors (Lipinski definition) is 6. The highest BCUT2D eigenvalue weighted by molar-refractivity contribution is 5.98. The van der Waals surface area contributed by atoms with Crippen molar-refractivity contribution in [1.82, 2.24) is 0 Å². The molecule has 4 bridgehead atoms. The van der Waals surface area contributed by atoms with Gasteiger partial charge in [-0.3, -0.25) is 24.0 Å². The van der Waals surface area contributed by atoms with Gasteiger partial charge in [0.05, 0.1) is 47.5 Å². The summed E-state index contributed by atoms with van der Waals surface area (Å²) in [6.45, 7) is 15.9. The maximum absolute atomic E-state index is 16.3. The topological polar surface area (TPSA) is 253 Å². The van der Waals surface area contributed by atoms with E-state index in [4.69, 9.17) is 23.7 Å². The van der Waals surface area contributed by atoms with Crippen molar-refractivity contribution in [3.05, 3.63) is 11.3 Å². The van der Waals surface area contributed by atoms with Crippen LogP contribution in [0.2, 0.25) is 0 Å². The molecule has 0 aromatic rings. The summed E-state index contributed by atoms with van der Waals surface area (Å²) in [5.41, 5.74) is -8.88. The summed E-state index contributed by atoms with van der Waals surface area (Å²) < 4.78 is 31.9. The first kappa shape index (κ1) is 46.0. The molecule has 3 spiro atoms. The highest BCUT2D eigenvalue weighted by Gasteiger charge is 2.84. The Morgan fingerprint density at radius 2 is 1.02 bits per heavy atom. The van der Waals surface area contributed by atoms with E-state index >= 15 is 4.79 Å². The van der Waals surface area contributed by atoms with Crippen molar-refractivity contribution in [3.63, 3.8) is 0 Å². The maximum atomic E-state index is 16.3. The van der Waals surface area contributed by atoms with E-state index in [1.165, 1.54) is 27.7 Å². The summed E-state index contributed by atoms with van der Waals surface area (Å²) in [6, 6.07) is 0. The Morgan fingerprint density at radius 1 is 0.578 bits per heavy atom. The zero-order chi connectivity index (χ0) is 47.0. The smallest absolute Gasteiger partial charge is 0.302 e. The lowest BCUT2D eigenvalue weighted by atomic mass is 9.37. The van der Waals surface area contributed by atoms with Gasteiger partial charge in [0, 0.05) is 81.0 Å². The third kappa shape index (κ3) is 5.46. The molecule has 9 aliphatic rings. The van der Waals surface area contributed by atoms with Crippen molar-refractivity contribution in [2.24, 2.45) is 68.0 Å². The van der Waals surface area contributed by atoms with Crippen LogP contribution in [0.4, 0.5) is 0 Å². The lowest BCUT2D eigenvalue weighted by Gasteiger charge is -2.69. The Hall–Kier alpha value is -3.15. The molecule has 7 fully saturated rings. The number of Topliss-reactive ketones (excluding diaryl/α,β-unsaturated/α-hetero) is 1. The second-order valence-electron chi connectivity index (χ2n) is 23.2. The Balaban J connectivity index is 1.22. The first-order valence-corrected chi connectivity index (χ1v) is 23.4. The fraction of sp³-hybridized carbons (Fsp3) is 0.854. The molecule has 356 valence electrons. The molecule has 0 radical (unpaired) electrons. The van der Waals surface area contributed by atoms with E-state index in [0.29, 0.717) is 18.6 Å². The molecule has 16 heteroatoms. The van der Waals surface area contributed by atoms with E-state index in [0.717, 1.165) is 5.57 Å². The van der Waals surface area contributed by atoms with E-state index < -0.39 is 158 Å². The van der Waals surface area contributed by atoms with Gasteiger partial charge < -0.3 is 54.3 Å². The molecule has 7 saturated carbocycles. The largest absolute Gasteiger partial charge is 0.483 e. The molecule has 1 heterocycles. The van der Waals surface area contributed by atoms with Crippen LogP contribution < -0.4 is 0 Å². The molecule has 16 nitrogen and oxygen atoms in total. The molecule has 1 aliphatic heterocycles. The van der Waals surface area contributed by atoms with E-state index in [1.807, 2.05) is 6.92 Å². The third-order valence-corrected chi connectivity index (χ3v) is 19.7. The van der Waals surface area contributed by atoms with Crippen molar-refractivity contribution in [3.8, 4) is 0 Å². The number of hydrogen-bond acceptors (Lipinski definition) is 16. The predicted molar refractivity (Wildman–Crippen MR) is 221 cm³/mol. The van der Waals surface area contributed by atoms with Gasteiger partial charge in [-0.25, -0.2) is 0 Å². The van der Waals surface area contributed by atoms with Crippen LogP contribution in [0, 0.1) is 68.0 Å². The highest BCUT2D eigenvalue weighted by Crippen LogP contribution is 2.78. The number of ether oxygens (including phenoxy) is 5. The lowest BCUT2D eigenvalue weighted by Crippen LogP contribution is -2.76. The predicted octanol–water partition coefficient (Wildman–Crippen LogP) is 2.44. The standard InChI is InChI=1S/C48H68O16/c1-19(49)60-26-13-23-17-46(34(26)44(9)30(62-21(3)51)15-28(53)42(5,6)36(44)32(55)38(46)57)40-25(23)11-12-48(64-40)24-14-27(61-20(2)50)35-45(10)31(63-22(4)52)16-29(54)43(7,8)37(45)33(56)39(58)47(35,18-24)41(48)59/h23-24,26-39,53-58H,11-18H2,1-10H3/t23-,24-,26+,27+,28+,29+,30+,31+,32-,33-,34+,35+,36-,37-,38+,39+,44+,45+,46-,47-,48+/m1/s1. The van der Waals surface area contributed by atoms with Gasteiger partial charge >= 0.3 is 23.9 Å². The number of esters is 4. The second kappa shape index (κ2) is 14.2. The molecule has 0 saturated heterocycles. The van der Waals surface area contributed by atoms with Crippen LogP contribution in [-0.4, -0.2) is 127 Å². The van der Waals surface area contributed by atoms with Crippen LogP contribution in [-0.2, 0) is 47.7 Å². The van der Waals surface area contributed by atoms with Crippen molar-refractivity contribution >= 4 is 29.7 Å². The fourth-order valence-corrected chi connectivity index (χ4v) is 17.9. The summed E-state index contributed by atoms with van der Waals surface area (Å²) in [7, 11) is 0. The van der Waals surface area contributed by atoms with Crippen molar-refractivity contribution in [2.45, 2.75) is 187 Å². The SMILES string of the molecule is CC(=O)O[C@H]1C[C@@H]2C[C@@]3(C(=O)[C@]24CCC2=C(O4)[C@]45C[C@H]2C[C@H](OC(C)=O)[C@H]4[C@]2(C)[C@@H](OC(C)=O)C[C@H](O)C(C)(C)[C@H]2[C@@H](O)[C@@H]5O)[C@@H]1[C@]1(C)[C@@H](OC(C)=O)C[C@H](O)C(C)(C)[C@H]1[C@@H](O)[C@@H]3O. The zero-order valence-corrected chi connectivity index (χ0v) is 38.7. The molecule has 8 aliphatic carbocycles.